The van der Waals surface area contributed by atoms with Gasteiger partial charge >= 0.3 is 0 Å². The zero-order valence-corrected chi connectivity index (χ0v) is 23.4. The Morgan fingerprint density at radius 1 is 0.976 bits per heavy atom. The number of para-hydroxylation sites is 2. The number of hydrogen-bond donors (Lipinski definition) is 1. The number of thioether (sulfide) groups is 1. The molecule has 0 atom stereocenters. The third kappa shape index (κ3) is 7.42. The van der Waals surface area contributed by atoms with E-state index in [1.807, 2.05) is 60.7 Å². The third-order valence-electron chi connectivity index (χ3n) is 6.10. The van der Waals surface area contributed by atoms with Gasteiger partial charge in [-0.1, -0.05) is 78.3 Å². The summed E-state index contributed by atoms with van der Waals surface area (Å²) in [6.45, 7) is 0.139. The van der Waals surface area contributed by atoms with Crippen molar-refractivity contribution in [2.45, 2.75) is 6.42 Å². The Balaban J connectivity index is 1.29. The topological polar surface area (TPSA) is 71.0 Å². The van der Waals surface area contributed by atoms with Crippen molar-refractivity contribution < 1.29 is 18.7 Å². The number of rotatable bonds is 9. The van der Waals surface area contributed by atoms with Crippen molar-refractivity contribution in [1.29, 1.82) is 0 Å². The first kappa shape index (κ1) is 28.1. The van der Waals surface area contributed by atoms with E-state index in [4.69, 9.17) is 21.3 Å². The van der Waals surface area contributed by atoms with Gasteiger partial charge in [0, 0.05) is 6.54 Å². The lowest BCUT2D eigenvalue weighted by Gasteiger charge is -2.15. The maximum Gasteiger partial charge on any atom is 0.266 e. The molecule has 0 aromatic heterocycles. The van der Waals surface area contributed by atoms with E-state index in [0.29, 0.717) is 34.4 Å². The number of benzene rings is 4. The van der Waals surface area contributed by atoms with Gasteiger partial charge in [-0.3, -0.25) is 14.5 Å². The quantitative estimate of drug-likeness (QED) is 0.209. The molecule has 4 aromatic carbocycles. The van der Waals surface area contributed by atoms with Gasteiger partial charge in [-0.05, 0) is 71.8 Å². The third-order valence-corrected chi connectivity index (χ3v) is 7.40. The lowest BCUT2D eigenvalue weighted by atomic mass is 10.1. The highest BCUT2D eigenvalue weighted by atomic mass is 35.5. The molecule has 206 valence electrons. The highest BCUT2D eigenvalue weighted by molar-refractivity contribution is 8.18. The molecule has 5 rings (SSSR count). The average Bonchev–Trinajstić information content (AvgIpc) is 3.26. The fourth-order valence-electron chi connectivity index (χ4n) is 4.05. The molecule has 1 heterocycles. The number of carbonyl (C=O) groups is 2. The fraction of sp³-hybridized carbons (Fsp3) is 0.0938. The molecule has 0 radical (unpaired) electrons. The van der Waals surface area contributed by atoms with Crippen LogP contribution in [0.3, 0.4) is 0 Å². The SMILES string of the molecule is O=C(COc1ccc(/C=C2\SC(=Nc3ccccc3)N(CCc3ccccc3)C2=O)cc1Cl)Nc1ccccc1F. The van der Waals surface area contributed by atoms with Crippen molar-refractivity contribution in [2.75, 3.05) is 18.5 Å². The van der Waals surface area contributed by atoms with Crippen molar-refractivity contribution in [3.8, 4) is 5.75 Å². The van der Waals surface area contributed by atoms with Gasteiger partial charge < -0.3 is 10.1 Å². The lowest BCUT2D eigenvalue weighted by Crippen LogP contribution is -2.31. The molecule has 9 heteroatoms. The number of nitrogens with one attached hydrogen (secondary N) is 1. The van der Waals surface area contributed by atoms with Crippen LogP contribution in [-0.2, 0) is 16.0 Å². The summed E-state index contributed by atoms with van der Waals surface area (Å²) < 4.78 is 19.3. The van der Waals surface area contributed by atoms with E-state index >= 15 is 0 Å². The second kappa shape index (κ2) is 13.3. The summed E-state index contributed by atoms with van der Waals surface area (Å²) in [6.07, 6.45) is 2.45. The minimum absolute atomic E-state index is 0.0703. The van der Waals surface area contributed by atoms with Crippen LogP contribution in [-0.4, -0.2) is 35.0 Å². The summed E-state index contributed by atoms with van der Waals surface area (Å²) in [5.41, 5.74) is 2.66. The van der Waals surface area contributed by atoms with Crippen molar-refractivity contribution in [3.63, 3.8) is 0 Å². The molecule has 4 aromatic rings. The largest absolute Gasteiger partial charge is 0.482 e. The van der Waals surface area contributed by atoms with Gasteiger partial charge in [-0.2, -0.15) is 0 Å². The van der Waals surface area contributed by atoms with Crippen molar-refractivity contribution >= 4 is 57.8 Å². The summed E-state index contributed by atoms with van der Waals surface area (Å²) in [5, 5.41) is 3.34. The van der Waals surface area contributed by atoms with Crippen LogP contribution in [0, 0.1) is 5.82 Å². The fourth-order valence-corrected chi connectivity index (χ4v) is 5.32. The normalized spacial score (nSPS) is 15.0. The molecule has 1 N–H and O–H groups in total. The second-order valence-electron chi connectivity index (χ2n) is 9.04. The molecule has 0 bridgehead atoms. The van der Waals surface area contributed by atoms with Crippen LogP contribution in [0.25, 0.3) is 6.08 Å². The van der Waals surface area contributed by atoms with E-state index < -0.39 is 11.7 Å². The Hall–Kier alpha value is -4.40. The first-order valence-electron chi connectivity index (χ1n) is 12.8. The van der Waals surface area contributed by atoms with Crippen LogP contribution in [0.4, 0.5) is 15.8 Å². The summed E-state index contributed by atoms with van der Waals surface area (Å²) in [5.74, 6) is -0.905. The van der Waals surface area contributed by atoms with E-state index in [-0.39, 0.29) is 23.2 Å². The molecule has 0 unspecified atom stereocenters. The number of halogens is 2. The Morgan fingerprint density at radius 3 is 2.41 bits per heavy atom. The summed E-state index contributed by atoms with van der Waals surface area (Å²) >= 11 is 7.74. The first-order valence-corrected chi connectivity index (χ1v) is 14.0. The van der Waals surface area contributed by atoms with Gasteiger partial charge in [-0.15, -0.1) is 0 Å². The van der Waals surface area contributed by atoms with Crippen LogP contribution in [0.5, 0.6) is 5.75 Å². The van der Waals surface area contributed by atoms with Crippen molar-refractivity contribution in [2.24, 2.45) is 4.99 Å². The van der Waals surface area contributed by atoms with Gasteiger partial charge in [-0.25, -0.2) is 9.38 Å². The highest BCUT2D eigenvalue weighted by Crippen LogP contribution is 2.35. The minimum atomic E-state index is -0.536. The van der Waals surface area contributed by atoms with Crippen molar-refractivity contribution in [3.05, 3.63) is 130 Å². The maximum atomic E-state index is 13.8. The number of amidine groups is 1. The number of hydrogen-bond acceptors (Lipinski definition) is 5. The molecule has 6 nitrogen and oxygen atoms in total. The average molecular weight is 586 g/mol. The van der Waals surface area contributed by atoms with Crippen LogP contribution >= 0.6 is 23.4 Å². The van der Waals surface area contributed by atoms with Crippen LogP contribution in [0.15, 0.2) is 113 Å². The molecule has 0 spiro atoms. The van der Waals surface area contributed by atoms with E-state index in [0.717, 1.165) is 11.3 Å². The van der Waals surface area contributed by atoms with Crippen LogP contribution in [0.1, 0.15) is 11.1 Å². The first-order chi connectivity index (χ1) is 20.0. The Labute approximate surface area is 246 Å². The molecule has 41 heavy (non-hydrogen) atoms. The monoisotopic (exact) mass is 585 g/mol. The zero-order valence-electron chi connectivity index (χ0n) is 21.8. The standard InChI is InChI=1S/C32H25ClFN3O3S/c33-25-19-23(15-16-28(25)40-21-30(38)36-27-14-8-7-13-26(27)34)20-29-31(39)37(18-17-22-9-3-1-4-10-22)32(41-29)35-24-11-5-2-6-12-24/h1-16,19-20H,17-18,21H2,(H,36,38)/b29-20-,35-32?. The molecular weight excluding hydrogens is 561 g/mol. The number of nitrogens with zero attached hydrogens (tertiary/aromatic N) is 2. The number of carbonyl (C=O) groups excluding carboxylic acids is 2. The smallest absolute Gasteiger partial charge is 0.266 e. The molecule has 0 aliphatic carbocycles. The Bertz CT molecular complexity index is 1610. The highest BCUT2D eigenvalue weighted by Gasteiger charge is 2.33. The van der Waals surface area contributed by atoms with E-state index in [1.54, 1.807) is 35.2 Å². The van der Waals surface area contributed by atoms with Crippen LogP contribution < -0.4 is 10.1 Å². The van der Waals surface area contributed by atoms with E-state index in [9.17, 15) is 14.0 Å². The predicted octanol–water partition coefficient (Wildman–Crippen LogP) is 7.34. The lowest BCUT2D eigenvalue weighted by molar-refractivity contribution is -0.122. The molecule has 0 saturated carbocycles. The molecule has 1 saturated heterocycles. The molecule has 1 aliphatic rings. The van der Waals surface area contributed by atoms with Gasteiger partial charge in [0.25, 0.3) is 11.8 Å². The second-order valence-corrected chi connectivity index (χ2v) is 10.5. The molecule has 1 fully saturated rings. The summed E-state index contributed by atoms with van der Waals surface area (Å²) in [4.78, 5) is 32.6. The van der Waals surface area contributed by atoms with E-state index in [2.05, 4.69) is 5.32 Å². The van der Waals surface area contributed by atoms with Gasteiger partial charge in [0.05, 0.1) is 21.3 Å². The van der Waals surface area contributed by atoms with Gasteiger partial charge in [0.15, 0.2) is 11.8 Å². The number of anilines is 1. The van der Waals surface area contributed by atoms with Gasteiger partial charge in [0.2, 0.25) is 0 Å². The molecule has 2 amide bonds. The maximum absolute atomic E-state index is 13.8. The Morgan fingerprint density at radius 2 is 1.68 bits per heavy atom. The predicted molar refractivity (Wildman–Crippen MR) is 163 cm³/mol. The molecular formula is C32H25ClFN3O3S. The minimum Gasteiger partial charge on any atom is -0.482 e. The zero-order chi connectivity index (χ0) is 28.6. The van der Waals surface area contributed by atoms with Crippen molar-refractivity contribution in [1.82, 2.24) is 4.90 Å². The summed E-state index contributed by atoms with van der Waals surface area (Å²) in [7, 11) is 0. The number of amides is 2. The van der Waals surface area contributed by atoms with Crippen LogP contribution in [0.2, 0.25) is 5.02 Å². The van der Waals surface area contributed by atoms with Gasteiger partial charge in [0.1, 0.15) is 11.6 Å². The molecule has 1 aliphatic heterocycles. The summed E-state index contributed by atoms with van der Waals surface area (Å²) in [6, 6.07) is 30.4. The number of aliphatic imine (C=N–C) groups is 1. The number of ether oxygens (including phenoxy) is 1. The van der Waals surface area contributed by atoms with E-state index in [1.165, 1.54) is 30.0 Å². The Kier molecular flexibility index (Phi) is 9.13.